The zero-order valence-corrected chi connectivity index (χ0v) is 30.7. The Morgan fingerprint density at radius 3 is 2.34 bits per heavy atom. The minimum Gasteiger partial charge on any atom is -0.458 e. The molecule has 0 radical (unpaired) electrons. The fraction of sp³-hybridized carbons (Fsp3) is 0.800. The van der Waals surface area contributed by atoms with Crippen molar-refractivity contribution in [3.8, 4) is 0 Å². The summed E-state index contributed by atoms with van der Waals surface area (Å²) in [6, 6.07) is -0.341. The van der Waals surface area contributed by atoms with E-state index in [2.05, 4.69) is 6.58 Å². The molecule has 282 valence electrons. The first-order chi connectivity index (χ1) is 23.4. The van der Waals surface area contributed by atoms with E-state index < -0.39 is 96.1 Å². The van der Waals surface area contributed by atoms with E-state index in [1.54, 1.807) is 55.5 Å². The molecule has 0 aromatic carbocycles. The third-order valence-electron chi connectivity index (χ3n) is 10.8. The van der Waals surface area contributed by atoms with Crippen molar-refractivity contribution >= 4 is 30.2 Å². The number of hydrogen-bond acceptors (Lipinski definition) is 14. The van der Waals surface area contributed by atoms with Crippen molar-refractivity contribution in [1.29, 1.82) is 0 Å². The maximum atomic E-state index is 14.1. The molecule has 15 heteroatoms. The molecule has 14 atom stereocenters. The first-order valence-corrected chi connectivity index (χ1v) is 17.3. The first-order valence-electron chi connectivity index (χ1n) is 17.3. The number of Topliss-reactive ketones (excluding diaryl/α,β-unsaturated/α-hetero) is 1. The van der Waals surface area contributed by atoms with Crippen LogP contribution in [0.1, 0.15) is 74.7 Å². The van der Waals surface area contributed by atoms with Crippen molar-refractivity contribution in [3.05, 3.63) is 12.7 Å². The Morgan fingerprint density at radius 2 is 1.72 bits per heavy atom. The highest BCUT2D eigenvalue weighted by molar-refractivity contribution is 5.84. The molecule has 0 aliphatic carbocycles. The zero-order chi connectivity index (χ0) is 37.3. The fourth-order valence-electron chi connectivity index (χ4n) is 7.99. The summed E-state index contributed by atoms with van der Waals surface area (Å²) in [7, 11) is 3.11. The van der Waals surface area contributed by atoms with Crippen LogP contribution in [0.15, 0.2) is 12.7 Å². The van der Waals surface area contributed by atoms with Gasteiger partial charge in [-0.3, -0.25) is 9.59 Å². The second-order valence-corrected chi connectivity index (χ2v) is 14.4. The highest BCUT2D eigenvalue weighted by Crippen LogP contribution is 2.43. The van der Waals surface area contributed by atoms with E-state index in [0.29, 0.717) is 6.42 Å². The number of methoxy groups -OCH3 is 1. The van der Waals surface area contributed by atoms with Crippen LogP contribution in [0.4, 0.5) is 14.4 Å². The number of hydrogen-bond donors (Lipinski definition) is 0. The zero-order valence-electron chi connectivity index (χ0n) is 30.7. The lowest BCUT2D eigenvalue weighted by atomic mass is 9.74. The molecule has 0 spiro atoms. The standard InChI is InChI=1S/C35H53NO14/c1-12-14-43-32(40)47-25-20(6)27(48-30-26-22(15-18(4)44-30)36(10)31(39)46-26)34(8,42-11)16-17(3)24(37)19(5)28-35(9,50-33(41)49-28)23(13-2)45-29(38)21(25)7/h12,17-23,25-28,30H,1,13-16H2,2-11H3/t17-,18-,19+,20+,21-,22+,23-,25+,26?,27-,28-,30?,34-,35-/m1/s1. The summed E-state index contributed by atoms with van der Waals surface area (Å²) in [6.07, 6.45) is -7.01. The predicted octanol–water partition coefficient (Wildman–Crippen LogP) is 4.57. The maximum absolute atomic E-state index is 14.1. The monoisotopic (exact) mass is 711 g/mol. The number of esters is 1. The van der Waals surface area contributed by atoms with E-state index in [0.717, 1.165) is 0 Å². The van der Waals surface area contributed by atoms with Crippen LogP contribution >= 0.6 is 0 Å². The molecular weight excluding hydrogens is 658 g/mol. The average Bonchev–Trinajstić information content (AvgIpc) is 3.55. The van der Waals surface area contributed by atoms with E-state index in [1.807, 2.05) is 6.92 Å². The van der Waals surface area contributed by atoms with E-state index in [9.17, 15) is 24.0 Å². The molecule has 2 unspecified atom stereocenters. The molecule has 1 amide bonds. The molecule has 0 bridgehead atoms. The molecule has 0 N–H and O–H groups in total. The summed E-state index contributed by atoms with van der Waals surface area (Å²) in [5.41, 5.74) is -2.81. The van der Waals surface area contributed by atoms with Crippen LogP contribution in [-0.2, 0) is 52.2 Å². The number of amides is 1. The van der Waals surface area contributed by atoms with Crippen LogP contribution in [0.2, 0.25) is 0 Å². The second-order valence-electron chi connectivity index (χ2n) is 14.4. The molecular formula is C35H53NO14. The van der Waals surface area contributed by atoms with Gasteiger partial charge < -0.3 is 47.5 Å². The number of fused-ring (bicyclic) bond motifs is 2. The van der Waals surface area contributed by atoms with Gasteiger partial charge in [0.05, 0.1) is 35.7 Å². The Hall–Kier alpha value is -3.43. The summed E-state index contributed by atoms with van der Waals surface area (Å²) in [6.45, 7) is 17.0. The highest BCUT2D eigenvalue weighted by atomic mass is 16.8. The number of ketones is 1. The van der Waals surface area contributed by atoms with Crippen molar-refractivity contribution in [2.45, 2.75) is 135 Å². The topological polar surface area (TPSA) is 172 Å². The lowest BCUT2D eigenvalue weighted by Crippen LogP contribution is -2.59. The van der Waals surface area contributed by atoms with Gasteiger partial charge in [-0.2, -0.15) is 0 Å². The summed E-state index contributed by atoms with van der Waals surface area (Å²) >= 11 is 0. The SMILES string of the molecule is C=CCOC(=O)O[C@H]1[C@H](C)[C@@H](OC2O[C@H](C)C[C@H]3C2OC(=O)N3C)[C@](C)(OC)C[C@@H](C)C(=O)[C@H](C)[C@H]2OC(=O)O[C@]2(C)[C@@H](CC)OC(=O)[C@@H]1C. The van der Waals surface area contributed by atoms with Crippen LogP contribution in [-0.4, -0.2) is 116 Å². The third-order valence-corrected chi connectivity index (χ3v) is 10.8. The smallest absolute Gasteiger partial charge is 0.458 e. The number of ether oxygens (including phenoxy) is 9. The highest BCUT2D eigenvalue weighted by Gasteiger charge is 2.59. The predicted molar refractivity (Wildman–Crippen MR) is 174 cm³/mol. The Morgan fingerprint density at radius 1 is 1.04 bits per heavy atom. The number of rotatable bonds is 7. The van der Waals surface area contributed by atoms with Crippen LogP contribution in [0.25, 0.3) is 0 Å². The van der Waals surface area contributed by atoms with E-state index in [1.165, 1.54) is 18.1 Å². The quantitative estimate of drug-likeness (QED) is 0.204. The van der Waals surface area contributed by atoms with Gasteiger partial charge in [-0.25, -0.2) is 14.4 Å². The van der Waals surface area contributed by atoms with Crippen molar-refractivity contribution in [1.82, 2.24) is 4.90 Å². The summed E-state index contributed by atoms with van der Waals surface area (Å²) in [5.74, 6) is -4.56. The van der Waals surface area contributed by atoms with Crippen molar-refractivity contribution in [2.24, 2.45) is 23.7 Å². The Balaban J connectivity index is 1.84. The molecule has 0 aromatic rings. The average molecular weight is 712 g/mol. The fourth-order valence-corrected chi connectivity index (χ4v) is 7.99. The van der Waals surface area contributed by atoms with Gasteiger partial charge in [0.15, 0.2) is 24.1 Å². The third kappa shape index (κ3) is 7.59. The molecule has 0 saturated carbocycles. The summed E-state index contributed by atoms with van der Waals surface area (Å²) < 4.78 is 53.1. The van der Waals surface area contributed by atoms with E-state index in [4.69, 9.17) is 42.6 Å². The number of likely N-dealkylation sites (N-methyl/N-ethyl adjacent to an activating group) is 1. The minimum absolute atomic E-state index is 0.0830. The molecule has 4 aliphatic heterocycles. The van der Waals surface area contributed by atoms with Crippen molar-refractivity contribution in [2.75, 3.05) is 20.8 Å². The molecule has 0 aromatic heterocycles. The van der Waals surface area contributed by atoms with Gasteiger partial charge in [-0.05, 0) is 47.0 Å². The first kappa shape index (κ1) is 39.4. The van der Waals surface area contributed by atoms with Crippen molar-refractivity contribution < 1.29 is 66.6 Å². The van der Waals surface area contributed by atoms with Gasteiger partial charge in [-0.1, -0.05) is 40.3 Å². The molecule has 4 rings (SSSR count). The number of nitrogens with zero attached hydrogens (tertiary/aromatic N) is 1. The van der Waals surface area contributed by atoms with E-state index >= 15 is 0 Å². The normalized spacial score (nSPS) is 42.6. The molecule has 4 fully saturated rings. The van der Waals surface area contributed by atoms with Crippen LogP contribution < -0.4 is 0 Å². The Bertz CT molecular complexity index is 1310. The Kier molecular flexibility index (Phi) is 12.2. The maximum Gasteiger partial charge on any atom is 0.509 e. The van der Waals surface area contributed by atoms with Gasteiger partial charge in [0.1, 0.15) is 24.6 Å². The van der Waals surface area contributed by atoms with Gasteiger partial charge in [0.25, 0.3) is 0 Å². The number of carbonyl (C=O) groups excluding carboxylic acids is 5. The molecule has 15 nitrogen and oxygen atoms in total. The van der Waals surface area contributed by atoms with Crippen molar-refractivity contribution in [3.63, 3.8) is 0 Å². The lowest BCUT2D eigenvalue weighted by Gasteiger charge is -2.47. The van der Waals surface area contributed by atoms with Crippen LogP contribution in [0.5, 0.6) is 0 Å². The Labute approximate surface area is 293 Å². The molecule has 4 saturated heterocycles. The van der Waals surface area contributed by atoms with Gasteiger partial charge in [0, 0.05) is 26.0 Å². The largest absolute Gasteiger partial charge is 0.509 e. The van der Waals surface area contributed by atoms with Gasteiger partial charge in [-0.15, -0.1) is 0 Å². The minimum atomic E-state index is -1.50. The molecule has 4 aliphatic rings. The van der Waals surface area contributed by atoms with Gasteiger partial charge in [0.2, 0.25) is 0 Å². The summed E-state index contributed by atoms with van der Waals surface area (Å²) in [4.78, 5) is 67.9. The lowest BCUT2D eigenvalue weighted by molar-refractivity contribution is -0.291. The molecule has 4 heterocycles. The molecule has 50 heavy (non-hydrogen) atoms. The second kappa shape index (κ2) is 15.4. The van der Waals surface area contributed by atoms with E-state index in [-0.39, 0.29) is 37.4 Å². The number of carbonyl (C=O) groups is 5. The number of cyclic esters (lactones) is 1. The van der Waals surface area contributed by atoms with Crippen LogP contribution in [0.3, 0.4) is 0 Å². The summed E-state index contributed by atoms with van der Waals surface area (Å²) in [5, 5.41) is 0. The van der Waals surface area contributed by atoms with Gasteiger partial charge >= 0.3 is 24.4 Å². The van der Waals surface area contributed by atoms with Crippen LogP contribution in [0, 0.1) is 23.7 Å².